The third-order valence-electron chi connectivity index (χ3n) is 5.64. The molecule has 20 heavy (non-hydrogen) atoms. The summed E-state index contributed by atoms with van der Waals surface area (Å²) in [6.45, 7) is 6.31. The summed E-state index contributed by atoms with van der Waals surface area (Å²) in [7, 11) is 0. The Kier molecular flexibility index (Phi) is 5.00. The topological polar surface area (TPSA) is 30.5 Å². The molecule has 1 spiro atoms. The summed E-state index contributed by atoms with van der Waals surface area (Å²) in [6, 6.07) is 0.650. The number of hydrogen-bond acceptors (Lipinski definition) is 3. The molecule has 0 aromatic rings. The van der Waals surface area contributed by atoms with E-state index in [1.165, 1.54) is 51.4 Å². The van der Waals surface area contributed by atoms with Crippen molar-refractivity contribution in [3.63, 3.8) is 0 Å². The molecule has 0 aromatic carbocycles. The van der Waals surface area contributed by atoms with Crippen molar-refractivity contribution in [1.82, 2.24) is 5.32 Å². The Bertz CT molecular complexity index is 297. The third-order valence-corrected chi connectivity index (χ3v) is 5.64. The third kappa shape index (κ3) is 3.20. The minimum absolute atomic E-state index is 0.268. The Hall–Kier alpha value is -0.120. The van der Waals surface area contributed by atoms with Crippen molar-refractivity contribution in [3.8, 4) is 0 Å². The van der Waals surface area contributed by atoms with Gasteiger partial charge in [0.1, 0.15) is 0 Å². The van der Waals surface area contributed by atoms with Crippen molar-refractivity contribution in [3.05, 3.63) is 0 Å². The molecule has 3 nitrogen and oxygen atoms in total. The van der Waals surface area contributed by atoms with E-state index in [9.17, 15) is 0 Å². The van der Waals surface area contributed by atoms with Crippen LogP contribution in [0.2, 0.25) is 0 Å². The fraction of sp³-hybridized carbons (Fsp3) is 1.00. The SMILES string of the molecule is CCCNC(C1CCCOC1)C1CCOC2(CCC2)C1. The standard InChI is InChI=1S/C17H31NO2/c1-2-9-18-16(15-5-3-10-19-13-15)14-6-11-20-17(12-14)7-4-8-17/h14-16,18H,2-13H2,1H3. The zero-order valence-electron chi connectivity index (χ0n) is 13.0. The van der Waals surface area contributed by atoms with Gasteiger partial charge in [-0.2, -0.15) is 0 Å². The Morgan fingerprint density at radius 2 is 2.05 bits per heavy atom. The van der Waals surface area contributed by atoms with Crippen LogP contribution in [0.15, 0.2) is 0 Å². The van der Waals surface area contributed by atoms with Crippen molar-refractivity contribution >= 4 is 0 Å². The van der Waals surface area contributed by atoms with Gasteiger partial charge in [-0.1, -0.05) is 6.92 Å². The van der Waals surface area contributed by atoms with E-state index in [1.54, 1.807) is 0 Å². The summed E-state index contributed by atoms with van der Waals surface area (Å²) < 4.78 is 11.9. The Labute approximate surface area is 123 Å². The quantitative estimate of drug-likeness (QED) is 0.840. The fourth-order valence-corrected chi connectivity index (χ4v) is 4.37. The second-order valence-corrected chi connectivity index (χ2v) is 7.10. The normalized spacial score (nSPS) is 34.6. The average molecular weight is 281 g/mol. The van der Waals surface area contributed by atoms with Crippen molar-refractivity contribution in [1.29, 1.82) is 0 Å². The second-order valence-electron chi connectivity index (χ2n) is 7.10. The first-order valence-corrected chi connectivity index (χ1v) is 8.78. The van der Waals surface area contributed by atoms with Gasteiger partial charge in [-0.25, -0.2) is 0 Å². The minimum atomic E-state index is 0.268. The van der Waals surface area contributed by atoms with Gasteiger partial charge in [0.15, 0.2) is 0 Å². The van der Waals surface area contributed by atoms with E-state index < -0.39 is 0 Å². The van der Waals surface area contributed by atoms with Crippen LogP contribution in [0.25, 0.3) is 0 Å². The summed E-state index contributed by atoms with van der Waals surface area (Å²) in [5, 5.41) is 3.86. The van der Waals surface area contributed by atoms with Crippen LogP contribution in [0, 0.1) is 11.8 Å². The molecule has 2 aliphatic heterocycles. The first kappa shape index (κ1) is 14.8. The van der Waals surface area contributed by atoms with E-state index in [-0.39, 0.29) is 5.60 Å². The fourth-order valence-electron chi connectivity index (χ4n) is 4.37. The Balaban J connectivity index is 1.63. The van der Waals surface area contributed by atoms with Gasteiger partial charge in [-0.3, -0.25) is 0 Å². The van der Waals surface area contributed by atoms with Gasteiger partial charge >= 0.3 is 0 Å². The van der Waals surface area contributed by atoms with Gasteiger partial charge in [0.2, 0.25) is 0 Å². The molecule has 3 aliphatic rings. The van der Waals surface area contributed by atoms with E-state index in [0.29, 0.717) is 6.04 Å². The van der Waals surface area contributed by atoms with E-state index in [2.05, 4.69) is 12.2 Å². The predicted molar refractivity (Wildman–Crippen MR) is 80.9 cm³/mol. The lowest BCUT2D eigenvalue weighted by Gasteiger charge is -2.50. The summed E-state index contributed by atoms with van der Waals surface area (Å²) in [6.07, 6.45) is 10.3. The molecular weight excluding hydrogens is 250 g/mol. The van der Waals surface area contributed by atoms with Crippen molar-refractivity contribution < 1.29 is 9.47 Å². The summed E-state index contributed by atoms with van der Waals surface area (Å²) in [5.74, 6) is 1.51. The minimum Gasteiger partial charge on any atom is -0.381 e. The van der Waals surface area contributed by atoms with Crippen LogP contribution < -0.4 is 5.32 Å². The van der Waals surface area contributed by atoms with Crippen molar-refractivity contribution in [2.24, 2.45) is 11.8 Å². The second kappa shape index (κ2) is 6.76. The number of ether oxygens (including phenoxy) is 2. The Morgan fingerprint density at radius 1 is 1.15 bits per heavy atom. The highest BCUT2D eigenvalue weighted by molar-refractivity contribution is 4.98. The molecule has 0 bridgehead atoms. The highest BCUT2D eigenvalue weighted by Crippen LogP contribution is 2.46. The van der Waals surface area contributed by atoms with Gasteiger partial charge in [0, 0.05) is 19.3 Å². The summed E-state index contributed by atoms with van der Waals surface area (Å²) in [5.41, 5.74) is 0.268. The largest absolute Gasteiger partial charge is 0.381 e. The van der Waals surface area contributed by atoms with Crippen LogP contribution in [-0.4, -0.2) is 38.0 Å². The molecule has 3 rings (SSSR count). The smallest absolute Gasteiger partial charge is 0.0685 e. The molecule has 3 unspecified atom stereocenters. The molecule has 3 atom stereocenters. The van der Waals surface area contributed by atoms with Crippen LogP contribution in [-0.2, 0) is 9.47 Å². The van der Waals surface area contributed by atoms with Gasteiger partial charge in [0.25, 0.3) is 0 Å². The lowest BCUT2D eigenvalue weighted by Crippen LogP contribution is -2.53. The zero-order chi connectivity index (χ0) is 13.8. The maximum absolute atomic E-state index is 6.11. The van der Waals surface area contributed by atoms with Crippen molar-refractivity contribution in [2.45, 2.75) is 69.9 Å². The van der Waals surface area contributed by atoms with Gasteiger partial charge in [-0.05, 0) is 69.7 Å². The van der Waals surface area contributed by atoms with Crippen LogP contribution >= 0.6 is 0 Å². The molecule has 2 saturated heterocycles. The molecule has 0 aromatic heterocycles. The molecule has 3 fully saturated rings. The van der Waals surface area contributed by atoms with Gasteiger partial charge < -0.3 is 14.8 Å². The molecule has 0 radical (unpaired) electrons. The first-order valence-electron chi connectivity index (χ1n) is 8.78. The monoisotopic (exact) mass is 281 g/mol. The Morgan fingerprint density at radius 3 is 2.70 bits per heavy atom. The van der Waals surface area contributed by atoms with E-state index >= 15 is 0 Å². The van der Waals surface area contributed by atoms with E-state index in [0.717, 1.165) is 38.2 Å². The zero-order valence-corrected chi connectivity index (χ0v) is 13.0. The van der Waals surface area contributed by atoms with Crippen LogP contribution in [0.3, 0.4) is 0 Å². The predicted octanol–water partition coefficient (Wildman–Crippen LogP) is 3.13. The summed E-state index contributed by atoms with van der Waals surface area (Å²) in [4.78, 5) is 0. The molecule has 3 heteroatoms. The molecule has 1 saturated carbocycles. The number of rotatable bonds is 5. The van der Waals surface area contributed by atoms with Crippen molar-refractivity contribution in [2.75, 3.05) is 26.4 Å². The molecular formula is C17H31NO2. The van der Waals surface area contributed by atoms with Crippen LogP contribution in [0.1, 0.15) is 58.3 Å². The molecule has 1 aliphatic carbocycles. The van der Waals surface area contributed by atoms with Crippen LogP contribution in [0.4, 0.5) is 0 Å². The van der Waals surface area contributed by atoms with E-state index in [1.807, 2.05) is 0 Å². The molecule has 1 N–H and O–H groups in total. The highest BCUT2D eigenvalue weighted by atomic mass is 16.5. The lowest BCUT2D eigenvalue weighted by atomic mass is 9.68. The maximum Gasteiger partial charge on any atom is 0.0685 e. The van der Waals surface area contributed by atoms with E-state index in [4.69, 9.17) is 9.47 Å². The molecule has 116 valence electrons. The highest BCUT2D eigenvalue weighted by Gasteiger charge is 2.45. The summed E-state index contributed by atoms with van der Waals surface area (Å²) >= 11 is 0. The van der Waals surface area contributed by atoms with Crippen LogP contribution in [0.5, 0.6) is 0 Å². The molecule has 2 heterocycles. The number of hydrogen-bond donors (Lipinski definition) is 1. The lowest BCUT2D eigenvalue weighted by molar-refractivity contribution is -0.151. The maximum atomic E-state index is 6.11. The van der Waals surface area contributed by atoms with Gasteiger partial charge in [-0.15, -0.1) is 0 Å². The molecule has 0 amide bonds. The van der Waals surface area contributed by atoms with Gasteiger partial charge in [0.05, 0.1) is 12.2 Å². The first-order chi connectivity index (χ1) is 9.83. The number of nitrogens with one attached hydrogen (secondary N) is 1. The average Bonchev–Trinajstić information content (AvgIpc) is 2.47.